The number of nitrogens with zero attached hydrogens (tertiary/aromatic N) is 1. The van der Waals surface area contributed by atoms with Crippen LogP contribution >= 0.6 is 0 Å². The zero-order chi connectivity index (χ0) is 10.6. The first-order valence-corrected chi connectivity index (χ1v) is 5.04. The summed E-state index contributed by atoms with van der Waals surface area (Å²) in [5.41, 5.74) is 2.75. The molecule has 0 bridgehead atoms. The Balaban J connectivity index is 2.64. The summed E-state index contributed by atoms with van der Waals surface area (Å²) in [6.45, 7) is 2.03. The van der Waals surface area contributed by atoms with E-state index in [1.54, 1.807) is 0 Å². The molecule has 0 saturated heterocycles. The fraction of sp³-hybridized carbons (Fsp3) is 0.500. The Hall–Kier alpha value is -0.860. The summed E-state index contributed by atoms with van der Waals surface area (Å²) in [4.78, 5) is 0. The van der Waals surface area contributed by atoms with Gasteiger partial charge in [0.15, 0.2) is 0 Å². The first-order chi connectivity index (χ1) is 6.51. The lowest BCUT2D eigenvalue weighted by atomic mass is 10.1. The van der Waals surface area contributed by atoms with E-state index in [0.29, 0.717) is 0 Å². The van der Waals surface area contributed by atoms with Crippen LogP contribution in [0.4, 0.5) is 0 Å². The minimum atomic E-state index is 0.949. The third-order valence-corrected chi connectivity index (χ3v) is 2.06. The van der Waals surface area contributed by atoms with Gasteiger partial charge in [-0.3, -0.25) is 0 Å². The molecule has 0 aliphatic carbocycles. The second-order valence-electron chi connectivity index (χ2n) is 4.80. The summed E-state index contributed by atoms with van der Waals surface area (Å²) in [5, 5.41) is 3.15. The number of rotatable bonds is 4. The fourth-order valence-corrected chi connectivity index (χ4v) is 1.51. The molecule has 2 heteroatoms. The van der Waals surface area contributed by atoms with Crippen LogP contribution in [0.3, 0.4) is 0 Å². The predicted octanol–water partition coefficient (Wildman–Crippen LogP) is 1.61. The van der Waals surface area contributed by atoms with Crippen molar-refractivity contribution in [2.45, 2.75) is 13.1 Å². The molecular weight excluding hydrogens is 172 g/mol. The molecule has 0 unspecified atom stereocenters. The van der Waals surface area contributed by atoms with Gasteiger partial charge >= 0.3 is 0 Å². The Kier molecular flexibility index (Phi) is 3.67. The van der Waals surface area contributed by atoms with Gasteiger partial charge in [0.1, 0.15) is 6.54 Å². The average Bonchev–Trinajstić information content (AvgIpc) is 2.06. The molecule has 0 aliphatic rings. The lowest BCUT2D eigenvalue weighted by molar-refractivity contribution is -0.884. The number of quaternary nitrogens is 1. The van der Waals surface area contributed by atoms with Gasteiger partial charge in [-0.1, -0.05) is 24.3 Å². The molecule has 1 rings (SSSR count). The van der Waals surface area contributed by atoms with Crippen LogP contribution in [-0.4, -0.2) is 32.7 Å². The largest absolute Gasteiger partial charge is 0.327 e. The van der Waals surface area contributed by atoms with E-state index in [4.69, 9.17) is 0 Å². The van der Waals surface area contributed by atoms with Crippen molar-refractivity contribution in [3.05, 3.63) is 35.4 Å². The normalized spacial score (nSPS) is 11.7. The summed E-state index contributed by atoms with van der Waals surface area (Å²) in [7, 11) is 8.60. The first-order valence-electron chi connectivity index (χ1n) is 5.04. The second kappa shape index (κ2) is 4.58. The number of benzene rings is 1. The van der Waals surface area contributed by atoms with E-state index in [1.165, 1.54) is 11.1 Å². The third kappa shape index (κ3) is 3.90. The molecule has 0 saturated carbocycles. The van der Waals surface area contributed by atoms with Crippen LogP contribution in [0.15, 0.2) is 24.3 Å². The maximum atomic E-state index is 3.15. The van der Waals surface area contributed by atoms with Crippen LogP contribution in [-0.2, 0) is 13.1 Å². The summed E-state index contributed by atoms with van der Waals surface area (Å²) < 4.78 is 0.978. The molecule has 1 N–H and O–H groups in total. The molecule has 78 valence electrons. The molecule has 1 aromatic carbocycles. The highest BCUT2D eigenvalue weighted by molar-refractivity contribution is 5.21. The summed E-state index contributed by atoms with van der Waals surface area (Å²) >= 11 is 0. The quantitative estimate of drug-likeness (QED) is 0.716. The highest BCUT2D eigenvalue weighted by Gasteiger charge is 2.07. The molecule has 0 amide bonds. The van der Waals surface area contributed by atoms with E-state index >= 15 is 0 Å². The molecule has 1 aromatic rings. The van der Waals surface area contributed by atoms with Crippen molar-refractivity contribution in [3.63, 3.8) is 0 Å². The van der Waals surface area contributed by atoms with Crippen molar-refractivity contribution in [2.24, 2.45) is 0 Å². The number of nitrogens with one attached hydrogen (secondary N) is 1. The summed E-state index contributed by atoms with van der Waals surface area (Å²) in [6.07, 6.45) is 0. The highest BCUT2D eigenvalue weighted by atomic mass is 15.3. The molecule has 0 atom stereocenters. The summed E-state index contributed by atoms with van der Waals surface area (Å²) in [5.74, 6) is 0. The molecule has 2 nitrogen and oxygen atoms in total. The lowest BCUT2D eigenvalue weighted by Crippen LogP contribution is -2.33. The Labute approximate surface area is 87.1 Å². The van der Waals surface area contributed by atoms with Crippen LogP contribution in [0.1, 0.15) is 11.1 Å². The SMILES string of the molecule is CNCc1ccc(C[N+](C)(C)C)cc1. The van der Waals surface area contributed by atoms with Crippen LogP contribution in [0.2, 0.25) is 0 Å². The Morgan fingerprint density at radius 2 is 1.50 bits per heavy atom. The second-order valence-corrected chi connectivity index (χ2v) is 4.80. The standard InChI is InChI=1S/C12H21N2/c1-13-9-11-5-7-12(8-6-11)10-14(2,3)4/h5-8,13H,9-10H2,1-4H3/q+1. The Morgan fingerprint density at radius 3 is 1.93 bits per heavy atom. The maximum absolute atomic E-state index is 3.15. The van der Waals surface area contributed by atoms with Gasteiger partial charge in [0.05, 0.1) is 21.1 Å². The van der Waals surface area contributed by atoms with Gasteiger partial charge in [-0.05, 0) is 12.6 Å². The van der Waals surface area contributed by atoms with Crippen molar-refractivity contribution in [1.29, 1.82) is 0 Å². The van der Waals surface area contributed by atoms with Crippen molar-refractivity contribution in [2.75, 3.05) is 28.2 Å². The van der Waals surface area contributed by atoms with Crippen molar-refractivity contribution in [1.82, 2.24) is 5.32 Å². The smallest absolute Gasteiger partial charge is 0.104 e. The number of hydrogen-bond donors (Lipinski definition) is 1. The highest BCUT2D eigenvalue weighted by Crippen LogP contribution is 2.08. The van der Waals surface area contributed by atoms with Crippen molar-refractivity contribution < 1.29 is 4.48 Å². The number of hydrogen-bond acceptors (Lipinski definition) is 1. The van der Waals surface area contributed by atoms with Gasteiger partial charge in [-0.2, -0.15) is 0 Å². The van der Waals surface area contributed by atoms with Gasteiger partial charge in [-0.15, -0.1) is 0 Å². The zero-order valence-electron chi connectivity index (χ0n) is 9.67. The Bertz CT molecular complexity index is 269. The van der Waals surface area contributed by atoms with E-state index in [0.717, 1.165) is 17.6 Å². The van der Waals surface area contributed by atoms with Gasteiger partial charge < -0.3 is 9.80 Å². The molecule has 0 radical (unpaired) electrons. The zero-order valence-corrected chi connectivity index (χ0v) is 9.67. The van der Waals surface area contributed by atoms with Gasteiger partial charge in [-0.25, -0.2) is 0 Å². The summed E-state index contributed by atoms with van der Waals surface area (Å²) in [6, 6.07) is 8.83. The van der Waals surface area contributed by atoms with Crippen LogP contribution in [0.25, 0.3) is 0 Å². The minimum Gasteiger partial charge on any atom is -0.327 e. The van der Waals surface area contributed by atoms with Crippen LogP contribution < -0.4 is 5.32 Å². The molecule has 0 heterocycles. The van der Waals surface area contributed by atoms with Crippen molar-refractivity contribution in [3.8, 4) is 0 Å². The molecule has 0 aromatic heterocycles. The molecule has 0 spiro atoms. The van der Waals surface area contributed by atoms with Crippen molar-refractivity contribution >= 4 is 0 Å². The fourth-order valence-electron chi connectivity index (χ4n) is 1.51. The third-order valence-electron chi connectivity index (χ3n) is 2.06. The molecule has 0 aliphatic heterocycles. The van der Waals surface area contributed by atoms with Gasteiger partial charge in [0, 0.05) is 12.1 Å². The lowest BCUT2D eigenvalue weighted by Gasteiger charge is -2.23. The molecular formula is C12H21N2+. The monoisotopic (exact) mass is 193 g/mol. The van der Waals surface area contributed by atoms with E-state index in [1.807, 2.05) is 7.05 Å². The minimum absolute atomic E-state index is 0.949. The molecule has 14 heavy (non-hydrogen) atoms. The maximum Gasteiger partial charge on any atom is 0.104 e. The Morgan fingerprint density at radius 1 is 1.00 bits per heavy atom. The first kappa shape index (κ1) is 11.2. The average molecular weight is 193 g/mol. The molecule has 0 fully saturated rings. The predicted molar refractivity (Wildman–Crippen MR) is 60.9 cm³/mol. The van der Waals surface area contributed by atoms with E-state index in [-0.39, 0.29) is 0 Å². The van der Waals surface area contributed by atoms with Crippen LogP contribution in [0, 0.1) is 0 Å². The van der Waals surface area contributed by atoms with Crippen LogP contribution in [0.5, 0.6) is 0 Å². The van der Waals surface area contributed by atoms with Gasteiger partial charge in [0.2, 0.25) is 0 Å². The van der Waals surface area contributed by atoms with E-state index in [2.05, 4.69) is 50.7 Å². The van der Waals surface area contributed by atoms with Gasteiger partial charge in [0.25, 0.3) is 0 Å². The topological polar surface area (TPSA) is 12.0 Å². The van der Waals surface area contributed by atoms with E-state index in [9.17, 15) is 0 Å². The van der Waals surface area contributed by atoms with E-state index < -0.39 is 0 Å².